The van der Waals surface area contributed by atoms with Crippen molar-refractivity contribution >= 4 is 5.91 Å². The lowest BCUT2D eigenvalue weighted by atomic mass is 9.95. The highest BCUT2D eigenvalue weighted by Gasteiger charge is 2.24. The molecule has 0 bridgehead atoms. The van der Waals surface area contributed by atoms with E-state index in [1.54, 1.807) is 0 Å². The predicted octanol–water partition coefficient (Wildman–Crippen LogP) is 2.33. The van der Waals surface area contributed by atoms with Crippen LogP contribution in [0, 0.1) is 5.92 Å². The molecule has 1 saturated carbocycles. The molecule has 3 heteroatoms. The van der Waals surface area contributed by atoms with Gasteiger partial charge in [0.2, 0.25) is 5.91 Å². The van der Waals surface area contributed by atoms with E-state index in [1.807, 2.05) is 4.90 Å². The maximum absolute atomic E-state index is 12.1. The summed E-state index contributed by atoms with van der Waals surface area (Å²) in [6, 6.07) is 0. The summed E-state index contributed by atoms with van der Waals surface area (Å²) >= 11 is 0. The number of amides is 1. The first-order chi connectivity index (χ1) is 8.25. The number of piperidine rings is 1. The van der Waals surface area contributed by atoms with Crippen LogP contribution in [0.2, 0.25) is 0 Å². The van der Waals surface area contributed by atoms with E-state index < -0.39 is 0 Å². The van der Waals surface area contributed by atoms with Gasteiger partial charge in [0.05, 0.1) is 6.10 Å². The lowest BCUT2D eigenvalue weighted by Gasteiger charge is -2.30. The lowest BCUT2D eigenvalue weighted by molar-refractivity contribution is -0.134. The fourth-order valence-corrected chi connectivity index (χ4v) is 3.06. The number of carbonyl (C=O) groups excluding carboxylic acids is 1. The Morgan fingerprint density at radius 3 is 2.18 bits per heavy atom. The Kier molecular flexibility index (Phi) is 4.84. The largest absolute Gasteiger partial charge is 0.393 e. The van der Waals surface area contributed by atoms with Crippen molar-refractivity contribution in [2.75, 3.05) is 13.1 Å². The highest BCUT2D eigenvalue weighted by atomic mass is 16.3. The molecule has 2 aliphatic rings. The fraction of sp³-hybridized carbons (Fsp3) is 0.929. The van der Waals surface area contributed by atoms with Gasteiger partial charge in [-0.05, 0) is 31.6 Å². The van der Waals surface area contributed by atoms with Gasteiger partial charge in [-0.3, -0.25) is 4.79 Å². The van der Waals surface area contributed by atoms with Gasteiger partial charge in [-0.25, -0.2) is 0 Å². The van der Waals surface area contributed by atoms with Crippen molar-refractivity contribution < 1.29 is 9.90 Å². The Morgan fingerprint density at radius 1 is 1.00 bits per heavy atom. The third kappa shape index (κ3) is 3.98. The zero-order valence-corrected chi connectivity index (χ0v) is 10.7. The Bertz CT molecular complexity index is 239. The summed E-state index contributed by atoms with van der Waals surface area (Å²) in [4.78, 5) is 14.1. The maximum atomic E-state index is 12.1. The van der Waals surface area contributed by atoms with Crippen LogP contribution in [0.1, 0.15) is 57.8 Å². The molecule has 98 valence electrons. The molecule has 0 unspecified atom stereocenters. The molecule has 0 radical (unpaired) electrons. The quantitative estimate of drug-likeness (QED) is 0.751. The van der Waals surface area contributed by atoms with Crippen LogP contribution in [0.3, 0.4) is 0 Å². The summed E-state index contributed by atoms with van der Waals surface area (Å²) in [6.45, 7) is 1.51. The lowest BCUT2D eigenvalue weighted by Crippen LogP contribution is -2.40. The minimum absolute atomic E-state index is 0.183. The topological polar surface area (TPSA) is 40.5 Å². The van der Waals surface area contributed by atoms with Crippen molar-refractivity contribution in [3.8, 4) is 0 Å². The molecule has 0 aromatic rings. The van der Waals surface area contributed by atoms with E-state index in [0.717, 1.165) is 32.4 Å². The number of aliphatic hydroxyl groups is 1. The van der Waals surface area contributed by atoms with Gasteiger partial charge in [0.25, 0.3) is 0 Å². The standard InChI is InChI=1S/C14H25NO2/c16-13-7-9-15(10-8-13)14(17)11-12-5-3-1-2-4-6-12/h12-13,16H,1-11H2. The number of aliphatic hydroxyl groups excluding tert-OH is 1. The van der Waals surface area contributed by atoms with Gasteiger partial charge < -0.3 is 10.0 Å². The second-order valence-corrected chi connectivity index (χ2v) is 5.67. The summed E-state index contributed by atoms with van der Waals surface area (Å²) < 4.78 is 0. The molecule has 1 amide bonds. The molecule has 1 N–H and O–H groups in total. The third-order valence-electron chi connectivity index (χ3n) is 4.26. The smallest absolute Gasteiger partial charge is 0.222 e. The second kappa shape index (κ2) is 6.39. The molecule has 3 nitrogen and oxygen atoms in total. The van der Waals surface area contributed by atoms with Crippen LogP contribution < -0.4 is 0 Å². The van der Waals surface area contributed by atoms with Crippen LogP contribution in [0.4, 0.5) is 0 Å². The predicted molar refractivity (Wildman–Crippen MR) is 67.6 cm³/mol. The number of hydrogen-bond acceptors (Lipinski definition) is 2. The summed E-state index contributed by atoms with van der Waals surface area (Å²) in [5.41, 5.74) is 0. The highest BCUT2D eigenvalue weighted by Crippen LogP contribution is 2.26. The Balaban J connectivity index is 1.75. The molecular weight excluding hydrogens is 214 g/mol. The van der Waals surface area contributed by atoms with Crippen molar-refractivity contribution in [3.05, 3.63) is 0 Å². The highest BCUT2D eigenvalue weighted by molar-refractivity contribution is 5.76. The maximum Gasteiger partial charge on any atom is 0.222 e. The zero-order chi connectivity index (χ0) is 12.1. The fourth-order valence-electron chi connectivity index (χ4n) is 3.06. The molecule has 1 saturated heterocycles. The third-order valence-corrected chi connectivity index (χ3v) is 4.26. The van der Waals surface area contributed by atoms with Gasteiger partial charge in [-0.2, -0.15) is 0 Å². The zero-order valence-electron chi connectivity index (χ0n) is 10.7. The number of hydrogen-bond donors (Lipinski definition) is 1. The van der Waals surface area contributed by atoms with E-state index >= 15 is 0 Å². The number of carbonyl (C=O) groups is 1. The minimum Gasteiger partial charge on any atom is -0.393 e. The first-order valence-electron chi connectivity index (χ1n) is 7.21. The van der Waals surface area contributed by atoms with Gasteiger partial charge in [0.1, 0.15) is 0 Å². The van der Waals surface area contributed by atoms with E-state index in [1.165, 1.54) is 38.5 Å². The molecule has 2 rings (SSSR count). The molecule has 0 aromatic carbocycles. The molecule has 1 aliphatic carbocycles. The van der Waals surface area contributed by atoms with Crippen molar-refractivity contribution in [1.82, 2.24) is 4.90 Å². The molecule has 1 aliphatic heterocycles. The number of nitrogens with zero attached hydrogens (tertiary/aromatic N) is 1. The molecule has 0 spiro atoms. The monoisotopic (exact) mass is 239 g/mol. The van der Waals surface area contributed by atoms with Gasteiger partial charge in [0, 0.05) is 19.5 Å². The average Bonchev–Trinajstić information content (AvgIpc) is 2.58. The van der Waals surface area contributed by atoms with E-state index in [4.69, 9.17) is 0 Å². The van der Waals surface area contributed by atoms with Gasteiger partial charge in [-0.1, -0.05) is 25.7 Å². The molecular formula is C14H25NO2. The first kappa shape index (κ1) is 12.9. The van der Waals surface area contributed by atoms with Crippen molar-refractivity contribution in [2.45, 2.75) is 63.9 Å². The van der Waals surface area contributed by atoms with Gasteiger partial charge >= 0.3 is 0 Å². The van der Waals surface area contributed by atoms with Crippen LogP contribution in [0.5, 0.6) is 0 Å². The summed E-state index contributed by atoms with van der Waals surface area (Å²) in [5.74, 6) is 0.945. The van der Waals surface area contributed by atoms with Crippen LogP contribution in [-0.4, -0.2) is 35.1 Å². The van der Waals surface area contributed by atoms with Crippen molar-refractivity contribution in [1.29, 1.82) is 0 Å². The minimum atomic E-state index is -0.183. The van der Waals surface area contributed by atoms with Crippen LogP contribution in [0.25, 0.3) is 0 Å². The van der Waals surface area contributed by atoms with Crippen LogP contribution >= 0.6 is 0 Å². The molecule has 17 heavy (non-hydrogen) atoms. The SMILES string of the molecule is O=C(CC1CCCCCC1)N1CCC(O)CC1. The Hall–Kier alpha value is -0.570. The molecule has 1 heterocycles. The first-order valence-corrected chi connectivity index (χ1v) is 7.21. The second-order valence-electron chi connectivity index (χ2n) is 5.67. The van der Waals surface area contributed by atoms with E-state index in [0.29, 0.717) is 11.8 Å². The summed E-state index contributed by atoms with van der Waals surface area (Å²) in [6.07, 6.45) is 9.86. The van der Waals surface area contributed by atoms with Crippen LogP contribution in [0.15, 0.2) is 0 Å². The molecule has 2 fully saturated rings. The van der Waals surface area contributed by atoms with E-state index in [2.05, 4.69) is 0 Å². The van der Waals surface area contributed by atoms with Crippen molar-refractivity contribution in [3.63, 3.8) is 0 Å². The molecule has 0 aromatic heterocycles. The normalized spacial score (nSPS) is 24.6. The average molecular weight is 239 g/mol. The van der Waals surface area contributed by atoms with Crippen molar-refractivity contribution in [2.24, 2.45) is 5.92 Å². The molecule has 0 atom stereocenters. The summed E-state index contributed by atoms with van der Waals surface area (Å²) in [5, 5.41) is 9.43. The Labute approximate surface area is 104 Å². The Morgan fingerprint density at radius 2 is 1.59 bits per heavy atom. The van der Waals surface area contributed by atoms with Gasteiger partial charge in [-0.15, -0.1) is 0 Å². The van der Waals surface area contributed by atoms with Gasteiger partial charge in [0.15, 0.2) is 0 Å². The number of rotatable bonds is 2. The summed E-state index contributed by atoms with van der Waals surface area (Å²) in [7, 11) is 0. The van der Waals surface area contributed by atoms with Crippen LogP contribution in [-0.2, 0) is 4.79 Å². The van der Waals surface area contributed by atoms with E-state index in [-0.39, 0.29) is 6.10 Å². The number of likely N-dealkylation sites (tertiary alicyclic amines) is 1. The van der Waals surface area contributed by atoms with E-state index in [9.17, 15) is 9.90 Å².